The van der Waals surface area contributed by atoms with E-state index in [1.807, 2.05) is 6.07 Å². The van der Waals surface area contributed by atoms with E-state index in [-0.39, 0.29) is 12.4 Å². The van der Waals surface area contributed by atoms with Gasteiger partial charge < -0.3 is 5.11 Å². The highest BCUT2D eigenvalue weighted by Crippen LogP contribution is 2.14. The minimum Gasteiger partial charge on any atom is -0.478 e. The van der Waals surface area contributed by atoms with Crippen molar-refractivity contribution in [3.63, 3.8) is 0 Å². The number of hydrogen-bond donors (Lipinski definition) is 1. The fraction of sp³-hybridized carbons (Fsp3) is 0.0909. The smallest absolute Gasteiger partial charge is 0.335 e. The Bertz CT molecular complexity index is 471. The molecule has 1 N–H and O–H groups in total. The van der Waals surface area contributed by atoms with Crippen molar-refractivity contribution in [3.05, 3.63) is 52.0 Å². The minimum atomic E-state index is -0.888. The molecule has 0 atom stereocenters. The van der Waals surface area contributed by atoms with Gasteiger partial charge in [0.15, 0.2) is 0 Å². The van der Waals surface area contributed by atoms with Crippen LogP contribution in [0.15, 0.2) is 36.0 Å². The maximum absolute atomic E-state index is 10.7. The van der Waals surface area contributed by atoms with Crippen molar-refractivity contribution in [2.75, 3.05) is 0 Å². The van der Waals surface area contributed by atoms with Crippen molar-refractivity contribution in [1.82, 2.24) is 4.98 Å². The number of benzene rings is 1. The molecule has 1 heterocycles. The predicted molar refractivity (Wildman–Crippen MR) is 65.6 cm³/mol. The van der Waals surface area contributed by atoms with Crippen LogP contribution in [0.4, 0.5) is 0 Å². The Balaban J connectivity index is 0.00000128. The first-order chi connectivity index (χ1) is 7.25. The Morgan fingerprint density at radius 2 is 2.25 bits per heavy atom. The van der Waals surface area contributed by atoms with Gasteiger partial charge in [0.25, 0.3) is 0 Å². The normalized spacial score (nSPS) is 9.50. The molecule has 2 aromatic rings. The Kier molecular flexibility index (Phi) is 4.46. The number of halogens is 1. The molecule has 1 aromatic carbocycles. The van der Waals surface area contributed by atoms with Gasteiger partial charge in [-0.1, -0.05) is 12.1 Å². The van der Waals surface area contributed by atoms with E-state index in [1.165, 1.54) is 0 Å². The summed E-state index contributed by atoms with van der Waals surface area (Å²) in [5, 5.41) is 8.83. The molecule has 1 aromatic heterocycles. The number of hydrogen-bond acceptors (Lipinski definition) is 3. The quantitative estimate of drug-likeness (QED) is 0.918. The van der Waals surface area contributed by atoms with Crippen molar-refractivity contribution < 1.29 is 9.90 Å². The summed E-state index contributed by atoms with van der Waals surface area (Å²) in [6.07, 6.45) is 2.55. The zero-order chi connectivity index (χ0) is 10.7. The first kappa shape index (κ1) is 12.7. The predicted octanol–water partition coefficient (Wildman–Crippen LogP) is 2.85. The zero-order valence-corrected chi connectivity index (χ0v) is 9.92. The van der Waals surface area contributed by atoms with E-state index in [0.717, 1.165) is 16.9 Å². The second-order valence-electron chi connectivity index (χ2n) is 3.15. The number of carboxylic acid groups (broad SMARTS) is 1. The fourth-order valence-electron chi connectivity index (χ4n) is 1.34. The van der Waals surface area contributed by atoms with Gasteiger partial charge in [-0.2, -0.15) is 0 Å². The van der Waals surface area contributed by atoms with Gasteiger partial charge in [0, 0.05) is 17.5 Å². The standard InChI is InChI=1S/C11H9NO2S.ClH/c13-11(14)9-3-1-2-8(4-9)5-10-6-12-7-15-10;/h1-4,6-7H,5H2,(H,13,14);1H. The average molecular weight is 256 g/mol. The molecule has 16 heavy (non-hydrogen) atoms. The van der Waals surface area contributed by atoms with E-state index in [9.17, 15) is 4.79 Å². The van der Waals surface area contributed by atoms with Crippen LogP contribution in [0, 0.1) is 0 Å². The Morgan fingerprint density at radius 1 is 1.44 bits per heavy atom. The molecule has 5 heteroatoms. The molecule has 0 saturated heterocycles. The topological polar surface area (TPSA) is 50.2 Å². The second kappa shape index (κ2) is 5.63. The van der Waals surface area contributed by atoms with Crippen molar-refractivity contribution in [1.29, 1.82) is 0 Å². The van der Waals surface area contributed by atoms with Crippen LogP contribution in [-0.4, -0.2) is 16.1 Å². The first-order valence-electron chi connectivity index (χ1n) is 4.45. The van der Waals surface area contributed by atoms with Gasteiger partial charge in [0.2, 0.25) is 0 Å². The summed E-state index contributed by atoms with van der Waals surface area (Å²) in [4.78, 5) is 15.9. The summed E-state index contributed by atoms with van der Waals surface area (Å²) in [7, 11) is 0. The van der Waals surface area contributed by atoms with E-state index in [4.69, 9.17) is 5.11 Å². The summed E-state index contributed by atoms with van der Waals surface area (Å²) in [6, 6.07) is 6.98. The summed E-state index contributed by atoms with van der Waals surface area (Å²) < 4.78 is 0. The van der Waals surface area contributed by atoms with Crippen LogP contribution >= 0.6 is 23.7 Å². The summed E-state index contributed by atoms with van der Waals surface area (Å²) >= 11 is 1.57. The van der Waals surface area contributed by atoms with Crippen molar-refractivity contribution >= 4 is 29.7 Å². The molecule has 0 unspecified atom stereocenters. The number of thiazole rings is 1. The minimum absolute atomic E-state index is 0. The SMILES string of the molecule is Cl.O=C(O)c1cccc(Cc2cncs2)c1. The lowest BCUT2D eigenvalue weighted by atomic mass is 10.1. The van der Waals surface area contributed by atoms with Crippen LogP contribution < -0.4 is 0 Å². The molecule has 0 aliphatic heterocycles. The molecule has 0 bridgehead atoms. The third-order valence-corrected chi connectivity index (χ3v) is 2.82. The van der Waals surface area contributed by atoms with Gasteiger partial charge in [-0.25, -0.2) is 4.79 Å². The number of aromatic nitrogens is 1. The monoisotopic (exact) mass is 255 g/mol. The molecule has 3 nitrogen and oxygen atoms in total. The van der Waals surface area contributed by atoms with Crippen LogP contribution in [0.3, 0.4) is 0 Å². The lowest BCUT2D eigenvalue weighted by Crippen LogP contribution is -1.97. The summed E-state index contributed by atoms with van der Waals surface area (Å²) in [5.74, 6) is -0.888. The Morgan fingerprint density at radius 3 is 2.88 bits per heavy atom. The van der Waals surface area contributed by atoms with Gasteiger partial charge in [-0.3, -0.25) is 4.98 Å². The molecule has 2 rings (SSSR count). The summed E-state index contributed by atoms with van der Waals surface area (Å²) in [5.41, 5.74) is 3.10. The number of nitrogens with zero attached hydrogens (tertiary/aromatic N) is 1. The number of rotatable bonds is 3. The van der Waals surface area contributed by atoms with Crippen LogP contribution in [-0.2, 0) is 6.42 Å². The Hall–Kier alpha value is -1.39. The van der Waals surface area contributed by atoms with E-state index in [2.05, 4.69) is 4.98 Å². The fourth-order valence-corrected chi connectivity index (χ4v) is 1.97. The van der Waals surface area contributed by atoms with Crippen molar-refractivity contribution in [3.8, 4) is 0 Å². The highest BCUT2D eigenvalue weighted by molar-refractivity contribution is 7.09. The molecule has 0 amide bonds. The average Bonchev–Trinajstić information content (AvgIpc) is 2.71. The van der Waals surface area contributed by atoms with Crippen molar-refractivity contribution in [2.45, 2.75) is 6.42 Å². The molecule has 0 radical (unpaired) electrons. The number of carbonyl (C=O) groups is 1. The highest BCUT2D eigenvalue weighted by atomic mass is 35.5. The van der Waals surface area contributed by atoms with Crippen molar-refractivity contribution in [2.24, 2.45) is 0 Å². The maximum atomic E-state index is 10.7. The summed E-state index contributed by atoms with van der Waals surface area (Å²) in [6.45, 7) is 0. The second-order valence-corrected chi connectivity index (χ2v) is 4.12. The van der Waals surface area contributed by atoms with Gasteiger partial charge in [-0.05, 0) is 17.7 Å². The maximum Gasteiger partial charge on any atom is 0.335 e. The molecule has 0 aliphatic rings. The van der Waals surface area contributed by atoms with E-state index in [1.54, 1.807) is 41.2 Å². The van der Waals surface area contributed by atoms with Crippen LogP contribution in [0.25, 0.3) is 0 Å². The molecular weight excluding hydrogens is 246 g/mol. The molecule has 0 spiro atoms. The zero-order valence-electron chi connectivity index (χ0n) is 8.29. The largest absolute Gasteiger partial charge is 0.478 e. The van der Waals surface area contributed by atoms with Crippen LogP contribution in [0.2, 0.25) is 0 Å². The van der Waals surface area contributed by atoms with Crippen LogP contribution in [0.5, 0.6) is 0 Å². The third-order valence-electron chi connectivity index (χ3n) is 2.04. The van der Waals surface area contributed by atoms with E-state index < -0.39 is 5.97 Å². The molecule has 0 aliphatic carbocycles. The number of aromatic carboxylic acids is 1. The van der Waals surface area contributed by atoms with Gasteiger partial charge in [0.05, 0.1) is 11.1 Å². The molecule has 0 saturated carbocycles. The molecule has 0 fully saturated rings. The van der Waals surface area contributed by atoms with Crippen LogP contribution in [0.1, 0.15) is 20.8 Å². The van der Waals surface area contributed by atoms with E-state index in [0.29, 0.717) is 5.56 Å². The first-order valence-corrected chi connectivity index (χ1v) is 5.33. The third kappa shape index (κ3) is 3.05. The molecule has 84 valence electrons. The Labute approximate surface area is 103 Å². The van der Waals surface area contributed by atoms with Gasteiger partial charge in [0.1, 0.15) is 0 Å². The van der Waals surface area contributed by atoms with E-state index >= 15 is 0 Å². The van der Waals surface area contributed by atoms with Gasteiger partial charge >= 0.3 is 5.97 Å². The number of carboxylic acids is 1. The van der Waals surface area contributed by atoms with Gasteiger partial charge in [-0.15, -0.1) is 23.7 Å². The molecular formula is C11H10ClNO2S. The highest BCUT2D eigenvalue weighted by Gasteiger charge is 2.04. The lowest BCUT2D eigenvalue weighted by Gasteiger charge is -1.99. The lowest BCUT2D eigenvalue weighted by molar-refractivity contribution is 0.0697.